The van der Waals surface area contributed by atoms with Crippen molar-refractivity contribution in [3.8, 4) is 0 Å². The van der Waals surface area contributed by atoms with Gasteiger partial charge >= 0.3 is 0 Å². The molecule has 0 saturated carbocycles. The Bertz CT molecular complexity index is 1470. The number of nitrogens with zero attached hydrogens (tertiary/aromatic N) is 2. The monoisotopic (exact) mass is 607 g/mol. The van der Waals surface area contributed by atoms with Crippen LogP contribution in [0.15, 0.2) is 71.6 Å². The minimum absolute atomic E-state index is 0.00866. The number of halogens is 3. The molecule has 0 saturated heterocycles. The first kappa shape index (κ1) is 31.4. The molecule has 40 heavy (non-hydrogen) atoms. The lowest BCUT2D eigenvalue weighted by Gasteiger charge is -2.32. The SMILES string of the molecule is CCC(C)NC(=O)C(C)N(Cc1ccccc1F)C(=O)CN(c1cc(Cl)ccc1Cl)S(=O)(=O)c1ccc(C)cc1. The fourth-order valence-corrected chi connectivity index (χ4v) is 5.75. The highest BCUT2D eigenvalue weighted by molar-refractivity contribution is 7.92. The van der Waals surface area contributed by atoms with Gasteiger partial charge in [0.15, 0.2) is 0 Å². The van der Waals surface area contributed by atoms with E-state index < -0.39 is 40.2 Å². The van der Waals surface area contributed by atoms with E-state index in [-0.39, 0.29) is 38.8 Å². The number of carbonyl (C=O) groups excluding carboxylic acids is 2. The summed E-state index contributed by atoms with van der Waals surface area (Å²) >= 11 is 12.6. The van der Waals surface area contributed by atoms with E-state index in [1.165, 1.54) is 55.5 Å². The molecule has 0 aliphatic heterocycles. The van der Waals surface area contributed by atoms with Gasteiger partial charge in [0.1, 0.15) is 18.4 Å². The predicted molar refractivity (Wildman–Crippen MR) is 156 cm³/mol. The molecule has 7 nitrogen and oxygen atoms in total. The average molecular weight is 609 g/mol. The van der Waals surface area contributed by atoms with Crippen LogP contribution >= 0.6 is 23.2 Å². The van der Waals surface area contributed by atoms with Crippen LogP contribution in [0.5, 0.6) is 0 Å². The van der Waals surface area contributed by atoms with E-state index in [1.54, 1.807) is 18.2 Å². The summed E-state index contributed by atoms with van der Waals surface area (Å²) in [4.78, 5) is 28.1. The van der Waals surface area contributed by atoms with Crippen LogP contribution in [0.1, 0.15) is 38.3 Å². The summed E-state index contributed by atoms with van der Waals surface area (Å²) in [7, 11) is -4.32. The third kappa shape index (κ3) is 7.53. The molecular weight excluding hydrogens is 576 g/mol. The molecule has 0 aliphatic rings. The van der Waals surface area contributed by atoms with Crippen LogP contribution in [0.25, 0.3) is 0 Å². The Labute approximate surface area is 244 Å². The van der Waals surface area contributed by atoms with Crippen molar-refractivity contribution < 1.29 is 22.4 Å². The molecule has 0 aromatic heterocycles. The number of benzene rings is 3. The second-order valence-electron chi connectivity index (χ2n) is 9.53. The second kappa shape index (κ2) is 13.5. The van der Waals surface area contributed by atoms with E-state index in [0.29, 0.717) is 6.42 Å². The Hall–Kier alpha value is -3.14. The Morgan fingerprint density at radius 3 is 2.27 bits per heavy atom. The highest BCUT2D eigenvalue weighted by atomic mass is 35.5. The minimum atomic E-state index is -4.32. The van der Waals surface area contributed by atoms with Crippen LogP contribution < -0.4 is 9.62 Å². The minimum Gasteiger partial charge on any atom is -0.352 e. The molecule has 0 heterocycles. The van der Waals surface area contributed by atoms with E-state index in [0.717, 1.165) is 14.8 Å². The van der Waals surface area contributed by atoms with Crippen molar-refractivity contribution in [1.82, 2.24) is 10.2 Å². The smallest absolute Gasteiger partial charge is 0.264 e. The molecule has 0 fully saturated rings. The Balaban J connectivity index is 2.08. The third-order valence-electron chi connectivity index (χ3n) is 6.53. The number of nitrogens with one attached hydrogen (secondary N) is 1. The molecule has 214 valence electrons. The maximum Gasteiger partial charge on any atom is 0.264 e. The van der Waals surface area contributed by atoms with Gasteiger partial charge in [-0.05, 0) is 63.6 Å². The first-order valence-electron chi connectivity index (χ1n) is 12.7. The second-order valence-corrected chi connectivity index (χ2v) is 12.2. The maximum absolute atomic E-state index is 14.6. The van der Waals surface area contributed by atoms with Gasteiger partial charge in [-0.15, -0.1) is 0 Å². The van der Waals surface area contributed by atoms with Crippen molar-refractivity contribution in [2.24, 2.45) is 0 Å². The summed E-state index contributed by atoms with van der Waals surface area (Å²) < 4.78 is 43.3. The molecule has 3 aromatic rings. The highest BCUT2D eigenvalue weighted by Gasteiger charge is 2.34. The zero-order valence-electron chi connectivity index (χ0n) is 22.7. The molecule has 0 spiro atoms. The summed E-state index contributed by atoms with van der Waals surface area (Å²) in [5.41, 5.74) is 1.01. The summed E-state index contributed by atoms with van der Waals surface area (Å²) in [6.07, 6.45) is 0.662. The van der Waals surface area contributed by atoms with Gasteiger partial charge in [0.25, 0.3) is 10.0 Å². The number of rotatable bonds is 11. The molecule has 11 heteroatoms. The van der Waals surface area contributed by atoms with E-state index in [2.05, 4.69) is 5.32 Å². The topological polar surface area (TPSA) is 86.8 Å². The number of aryl methyl sites for hydroxylation is 1. The number of anilines is 1. The van der Waals surface area contributed by atoms with Crippen molar-refractivity contribution in [2.45, 2.75) is 57.6 Å². The Kier molecular flexibility index (Phi) is 10.6. The van der Waals surface area contributed by atoms with Crippen LogP contribution in [0.3, 0.4) is 0 Å². The molecule has 2 amide bonds. The lowest BCUT2D eigenvalue weighted by molar-refractivity contribution is -0.139. The fourth-order valence-electron chi connectivity index (χ4n) is 3.89. The average Bonchev–Trinajstić information content (AvgIpc) is 2.92. The quantitative estimate of drug-likeness (QED) is 0.291. The first-order chi connectivity index (χ1) is 18.8. The molecule has 3 aromatic carbocycles. The summed E-state index contributed by atoms with van der Waals surface area (Å²) in [5, 5.41) is 3.09. The van der Waals surface area contributed by atoms with Crippen molar-refractivity contribution >= 4 is 50.7 Å². The zero-order chi connectivity index (χ0) is 29.6. The van der Waals surface area contributed by atoms with Crippen LogP contribution in [0, 0.1) is 12.7 Å². The van der Waals surface area contributed by atoms with Gasteiger partial charge < -0.3 is 10.2 Å². The molecular formula is C29H32Cl2FN3O4S. The largest absolute Gasteiger partial charge is 0.352 e. The molecule has 3 rings (SSSR count). The zero-order valence-corrected chi connectivity index (χ0v) is 25.0. The van der Waals surface area contributed by atoms with Crippen LogP contribution in [-0.2, 0) is 26.2 Å². The molecule has 0 bridgehead atoms. The molecule has 2 atom stereocenters. The number of hydrogen-bond acceptors (Lipinski definition) is 4. The molecule has 0 aliphatic carbocycles. The van der Waals surface area contributed by atoms with Gasteiger partial charge in [-0.1, -0.05) is 66.0 Å². The van der Waals surface area contributed by atoms with Gasteiger partial charge in [-0.3, -0.25) is 13.9 Å². The van der Waals surface area contributed by atoms with E-state index >= 15 is 0 Å². The first-order valence-corrected chi connectivity index (χ1v) is 14.9. The summed E-state index contributed by atoms with van der Waals surface area (Å²) in [6.45, 7) is 6.08. The van der Waals surface area contributed by atoms with Crippen LogP contribution in [0.2, 0.25) is 10.0 Å². The van der Waals surface area contributed by atoms with Crippen molar-refractivity contribution in [1.29, 1.82) is 0 Å². The van der Waals surface area contributed by atoms with Crippen LogP contribution in [-0.4, -0.2) is 43.8 Å². The normalized spacial score (nSPS) is 12.9. The summed E-state index contributed by atoms with van der Waals surface area (Å²) in [5.74, 6) is -1.74. The predicted octanol–water partition coefficient (Wildman–Crippen LogP) is 5.97. The number of amides is 2. The van der Waals surface area contributed by atoms with Crippen LogP contribution in [0.4, 0.5) is 10.1 Å². The lowest BCUT2D eigenvalue weighted by Crippen LogP contribution is -2.52. The van der Waals surface area contributed by atoms with Crippen molar-refractivity contribution in [3.63, 3.8) is 0 Å². The van der Waals surface area contributed by atoms with Gasteiger partial charge in [0.2, 0.25) is 11.8 Å². The third-order valence-corrected chi connectivity index (χ3v) is 8.86. The lowest BCUT2D eigenvalue weighted by atomic mass is 10.1. The molecule has 2 unspecified atom stereocenters. The number of hydrogen-bond donors (Lipinski definition) is 1. The van der Waals surface area contributed by atoms with Gasteiger partial charge in [-0.2, -0.15) is 0 Å². The van der Waals surface area contributed by atoms with Crippen molar-refractivity contribution in [2.75, 3.05) is 10.8 Å². The van der Waals surface area contributed by atoms with Gasteiger partial charge in [-0.25, -0.2) is 12.8 Å². The highest BCUT2D eigenvalue weighted by Crippen LogP contribution is 2.33. The van der Waals surface area contributed by atoms with E-state index in [9.17, 15) is 22.4 Å². The van der Waals surface area contributed by atoms with Gasteiger partial charge in [0.05, 0.1) is 15.6 Å². The molecule has 1 N–H and O–H groups in total. The fraction of sp³-hybridized carbons (Fsp3) is 0.310. The van der Waals surface area contributed by atoms with E-state index in [4.69, 9.17) is 23.2 Å². The number of sulfonamides is 1. The molecule has 0 radical (unpaired) electrons. The summed E-state index contributed by atoms with van der Waals surface area (Å²) in [6, 6.07) is 15.1. The van der Waals surface area contributed by atoms with E-state index in [1.807, 2.05) is 20.8 Å². The Morgan fingerprint density at radius 2 is 1.65 bits per heavy atom. The van der Waals surface area contributed by atoms with Gasteiger partial charge in [0, 0.05) is 23.2 Å². The van der Waals surface area contributed by atoms with Crippen molar-refractivity contribution in [3.05, 3.63) is 93.7 Å². The standard InChI is InChI=1S/C29H32Cl2FN3O4S/c1-5-20(3)33-29(37)21(4)34(17-22-8-6-7-9-26(22)32)28(36)18-35(27-16-23(30)12-15-25(27)31)40(38,39)24-13-10-19(2)11-14-24/h6-16,20-21H,5,17-18H2,1-4H3,(H,33,37). The maximum atomic E-state index is 14.6. The Morgan fingerprint density at radius 1 is 1.00 bits per heavy atom. The number of carbonyl (C=O) groups is 2.